The van der Waals surface area contributed by atoms with E-state index in [1.165, 1.54) is 6.20 Å². The van der Waals surface area contributed by atoms with Gasteiger partial charge in [0.2, 0.25) is 11.8 Å². The first-order valence-corrected chi connectivity index (χ1v) is 11.8. The van der Waals surface area contributed by atoms with Crippen LogP contribution in [0.3, 0.4) is 0 Å². The predicted molar refractivity (Wildman–Crippen MR) is 123 cm³/mol. The van der Waals surface area contributed by atoms with E-state index in [-0.39, 0.29) is 28.7 Å². The van der Waals surface area contributed by atoms with Crippen LogP contribution in [0.5, 0.6) is 0 Å². The number of piperazine rings is 1. The molecule has 2 unspecified atom stereocenters. The van der Waals surface area contributed by atoms with Crippen LogP contribution in [-0.2, 0) is 19.1 Å². The van der Waals surface area contributed by atoms with E-state index in [0.717, 1.165) is 5.82 Å². The number of hydrogen-bond acceptors (Lipinski definition) is 9. The SMILES string of the molecule is COC[C@@H](COCCC(=O)N1CCN(c2cnc(Cl)cn2)CC1)NC1CNNC(=O)C1Br. The summed E-state index contributed by atoms with van der Waals surface area (Å²) in [5, 5.41) is 3.73. The second kappa shape index (κ2) is 12.6. The lowest BCUT2D eigenvalue weighted by atomic mass is 10.1. The number of nitrogens with one attached hydrogen (secondary N) is 3. The molecule has 3 atom stereocenters. The van der Waals surface area contributed by atoms with Crippen molar-refractivity contribution in [3.63, 3.8) is 0 Å². The summed E-state index contributed by atoms with van der Waals surface area (Å²) >= 11 is 9.19. The lowest BCUT2D eigenvalue weighted by molar-refractivity contribution is -0.132. The number of carbonyl (C=O) groups excluding carboxylic acids is 2. The Balaban J connectivity index is 1.35. The Kier molecular flexibility index (Phi) is 9.88. The maximum atomic E-state index is 12.5. The molecular weight excluding hydrogens is 506 g/mol. The average molecular weight is 535 g/mol. The molecular formula is C19H29BrClN7O4. The maximum absolute atomic E-state index is 12.5. The van der Waals surface area contributed by atoms with Gasteiger partial charge in [-0.25, -0.2) is 15.4 Å². The van der Waals surface area contributed by atoms with Gasteiger partial charge in [0, 0.05) is 45.9 Å². The molecule has 0 spiro atoms. The van der Waals surface area contributed by atoms with Gasteiger partial charge in [-0.15, -0.1) is 0 Å². The van der Waals surface area contributed by atoms with E-state index in [0.29, 0.717) is 64.1 Å². The molecule has 1 aromatic rings. The highest BCUT2D eigenvalue weighted by molar-refractivity contribution is 9.10. The molecule has 2 fully saturated rings. The van der Waals surface area contributed by atoms with Gasteiger partial charge in [-0.1, -0.05) is 27.5 Å². The normalized spacial score (nSPS) is 22.5. The minimum atomic E-state index is -0.345. The van der Waals surface area contributed by atoms with Crippen LogP contribution < -0.4 is 21.1 Å². The molecule has 0 saturated carbocycles. The van der Waals surface area contributed by atoms with Crippen LogP contribution >= 0.6 is 27.5 Å². The highest BCUT2D eigenvalue weighted by atomic mass is 79.9. The van der Waals surface area contributed by atoms with Crippen LogP contribution in [0.15, 0.2) is 12.4 Å². The number of aromatic nitrogens is 2. The molecule has 2 aliphatic heterocycles. The first-order chi connectivity index (χ1) is 15.5. The van der Waals surface area contributed by atoms with E-state index in [1.807, 2.05) is 4.90 Å². The van der Waals surface area contributed by atoms with Gasteiger partial charge < -0.3 is 24.6 Å². The van der Waals surface area contributed by atoms with Crippen molar-refractivity contribution < 1.29 is 19.1 Å². The number of methoxy groups -OCH3 is 1. The zero-order valence-corrected chi connectivity index (χ0v) is 20.3. The van der Waals surface area contributed by atoms with Crippen LogP contribution in [0, 0.1) is 0 Å². The fraction of sp³-hybridized carbons (Fsp3) is 0.684. The number of hydrazine groups is 1. The average Bonchev–Trinajstić information content (AvgIpc) is 2.80. The molecule has 2 saturated heterocycles. The van der Waals surface area contributed by atoms with Gasteiger partial charge in [-0.05, 0) is 0 Å². The number of ether oxygens (including phenoxy) is 2. The molecule has 0 bridgehead atoms. The third-order valence-electron chi connectivity index (χ3n) is 5.30. The van der Waals surface area contributed by atoms with Crippen molar-refractivity contribution in [2.45, 2.75) is 23.3 Å². The molecule has 0 aromatic carbocycles. The topological polar surface area (TPSA) is 121 Å². The molecule has 3 heterocycles. The second-order valence-corrected chi connectivity index (χ2v) is 8.96. The number of rotatable bonds is 10. The minimum absolute atomic E-state index is 0.0664. The third-order valence-corrected chi connectivity index (χ3v) is 6.55. The third kappa shape index (κ3) is 7.22. The Morgan fingerprint density at radius 1 is 1.31 bits per heavy atom. The molecule has 3 N–H and O–H groups in total. The van der Waals surface area contributed by atoms with Crippen molar-refractivity contribution in [3.8, 4) is 0 Å². The van der Waals surface area contributed by atoms with Crippen molar-refractivity contribution in [2.24, 2.45) is 0 Å². The Morgan fingerprint density at radius 3 is 2.78 bits per heavy atom. The summed E-state index contributed by atoms with van der Waals surface area (Å²) in [4.78, 5) is 36.2. The van der Waals surface area contributed by atoms with Crippen LogP contribution in [-0.4, -0.2) is 103 Å². The number of amides is 2. The highest BCUT2D eigenvalue weighted by Gasteiger charge is 2.31. The molecule has 3 rings (SSSR count). The fourth-order valence-corrected chi connectivity index (χ4v) is 4.14. The number of halogens is 2. The number of alkyl halides is 1. The molecule has 11 nitrogen and oxygen atoms in total. The standard InChI is InChI=1S/C19H29BrClN7O4/c1-31-11-13(25-14-8-24-26-19(30)18(14)20)12-32-7-2-17(29)28-5-3-27(4-6-28)16-10-22-15(21)9-23-16/h9-10,13-14,18,24-25H,2-8,11-12H2,1H3,(H,26,30)/t13-,14?,18?/m0/s1. The monoisotopic (exact) mass is 533 g/mol. The van der Waals surface area contributed by atoms with Crippen LogP contribution in [0.25, 0.3) is 0 Å². The van der Waals surface area contributed by atoms with E-state index < -0.39 is 0 Å². The summed E-state index contributed by atoms with van der Waals surface area (Å²) in [6, 6.07) is -0.201. The molecule has 32 heavy (non-hydrogen) atoms. The Bertz CT molecular complexity index is 752. The largest absolute Gasteiger partial charge is 0.383 e. The summed E-state index contributed by atoms with van der Waals surface area (Å²) in [6.45, 7) is 4.35. The summed E-state index contributed by atoms with van der Waals surface area (Å²) in [6.07, 6.45) is 3.48. The lowest BCUT2D eigenvalue weighted by Gasteiger charge is -2.35. The van der Waals surface area contributed by atoms with Gasteiger partial charge in [-0.3, -0.25) is 15.0 Å². The molecule has 2 aliphatic rings. The van der Waals surface area contributed by atoms with Crippen molar-refractivity contribution >= 4 is 45.2 Å². The fourth-order valence-electron chi connectivity index (χ4n) is 3.59. The van der Waals surface area contributed by atoms with Gasteiger partial charge >= 0.3 is 0 Å². The van der Waals surface area contributed by atoms with E-state index in [2.05, 4.69) is 47.0 Å². The van der Waals surface area contributed by atoms with E-state index in [9.17, 15) is 9.59 Å². The van der Waals surface area contributed by atoms with E-state index in [4.69, 9.17) is 21.1 Å². The zero-order chi connectivity index (χ0) is 22.9. The zero-order valence-electron chi connectivity index (χ0n) is 17.9. The van der Waals surface area contributed by atoms with E-state index >= 15 is 0 Å². The molecule has 178 valence electrons. The summed E-state index contributed by atoms with van der Waals surface area (Å²) in [7, 11) is 1.62. The van der Waals surface area contributed by atoms with Crippen LogP contribution in [0.1, 0.15) is 6.42 Å². The molecule has 2 amide bonds. The van der Waals surface area contributed by atoms with Gasteiger partial charge in [0.15, 0.2) is 0 Å². The first-order valence-electron chi connectivity index (χ1n) is 10.5. The molecule has 13 heteroatoms. The Hall–Kier alpha value is -1.57. The van der Waals surface area contributed by atoms with Gasteiger partial charge in [-0.2, -0.15) is 0 Å². The maximum Gasteiger partial charge on any atom is 0.249 e. The summed E-state index contributed by atoms with van der Waals surface area (Å²) in [5.74, 6) is 0.703. The van der Waals surface area contributed by atoms with Gasteiger partial charge in [0.05, 0.1) is 44.7 Å². The lowest BCUT2D eigenvalue weighted by Crippen LogP contribution is -2.63. The van der Waals surface area contributed by atoms with Crippen molar-refractivity contribution in [2.75, 3.05) is 64.6 Å². The summed E-state index contributed by atoms with van der Waals surface area (Å²) < 4.78 is 11.0. The molecule has 0 aliphatic carbocycles. The quantitative estimate of drug-likeness (QED) is 0.271. The number of carbonyl (C=O) groups is 2. The van der Waals surface area contributed by atoms with Crippen molar-refractivity contribution in [1.82, 2.24) is 31.0 Å². The Morgan fingerprint density at radius 2 is 2.09 bits per heavy atom. The van der Waals surface area contributed by atoms with Gasteiger partial charge in [0.1, 0.15) is 15.8 Å². The number of hydrogen-bond donors (Lipinski definition) is 3. The van der Waals surface area contributed by atoms with E-state index in [1.54, 1.807) is 13.3 Å². The van der Waals surface area contributed by atoms with Crippen molar-refractivity contribution in [1.29, 1.82) is 0 Å². The Labute approximate surface area is 200 Å². The highest BCUT2D eigenvalue weighted by Crippen LogP contribution is 2.14. The number of nitrogens with zero attached hydrogens (tertiary/aromatic N) is 4. The second-order valence-electron chi connectivity index (χ2n) is 7.59. The first kappa shape index (κ1) is 25.1. The molecule has 1 aromatic heterocycles. The molecule has 0 radical (unpaired) electrons. The predicted octanol–water partition coefficient (Wildman–Crippen LogP) is -0.444. The van der Waals surface area contributed by atoms with Crippen LogP contribution in [0.4, 0.5) is 5.82 Å². The smallest absolute Gasteiger partial charge is 0.249 e. The number of anilines is 1. The summed E-state index contributed by atoms with van der Waals surface area (Å²) in [5.41, 5.74) is 5.44. The van der Waals surface area contributed by atoms with Crippen molar-refractivity contribution in [3.05, 3.63) is 17.5 Å². The van der Waals surface area contributed by atoms with Crippen LogP contribution in [0.2, 0.25) is 5.15 Å². The van der Waals surface area contributed by atoms with Gasteiger partial charge in [0.25, 0.3) is 0 Å². The minimum Gasteiger partial charge on any atom is -0.383 e.